The molecule has 7 nitrogen and oxygen atoms in total. The van der Waals surface area contributed by atoms with Crippen molar-refractivity contribution in [2.75, 3.05) is 19.7 Å². The summed E-state index contributed by atoms with van der Waals surface area (Å²) in [5, 5.41) is 3.73. The predicted octanol–water partition coefficient (Wildman–Crippen LogP) is 1.45. The second kappa shape index (κ2) is 5.79. The molecule has 8 heteroatoms. The van der Waals surface area contributed by atoms with Crippen molar-refractivity contribution in [2.45, 2.75) is 24.8 Å². The Morgan fingerprint density at radius 3 is 2.77 bits per heavy atom. The standard InChI is InChI=1S/C14H17N3O4S/c1-10-14(11(2)21-16-10)22(18,19)17-7-8-20-13(9-17)12-5-3-4-6-15-12/h3-6,13H,7-9H2,1-2H3/t13-/m0/s1. The second-order valence-corrected chi connectivity index (χ2v) is 7.01. The summed E-state index contributed by atoms with van der Waals surface area (Å²) < 4.78 is 37.7. The fraction of sp³-hybridized carbons (Fsp3) is 0.429. The predicted molar refractivity (Wildman–Crippen MR) is 77.7 cm³/mol. The van der Waals surface area contributed by atoms with Crippen LogP contribution >= 0.6 is 0 Å². The minimum atomic E-state index is -3.65. The molecule has 1 fully saturated rings. The van der Waals surface area contributed by atoms with Crippen molar-refractivity contribution >= 4 is 10.0 Å². The van der Waals surface area contributed by atoms with E-state index in [0.29, 0.717) is 24.6 Å². The van der Waals surface area contributed by atoms with Crippen LogP contribution in [0.3, 0.4) is 0 Å². The lowest BCUT2D eigenvalue weighted by Gasteiger charge is -2.31. The maximum atomic E-state index is 12.8. The lowest BCUT2D eigenvalue weighted by Crippen LogP contribution is -2.42. The van der Waals surface area contributed by atoms with E-state index in [9.17, 15) is 8.42 Å². The van der Waals surface area contributed by atoms with E-state index in [1.165, 1.54) is 4.31 Å². The van der Waals surface area contributed by atoms with Gasteiger partial charge in [0.05, 0.1) is 12.3 Å². The number of sulfonamides is 1. The number of ether oxygens (including phenoxy) is 1. The second-order valence-electron chi connectivity index (χ2n) is 5.13. The average molecular weight is 323 g/mol. The van der Waals surface area contributed by atoms with Crippen LogP contribution in [0.15, 0.2) is 33.8 Å². The van der Waals surface area contributed by atoms with E-state index in [4.69, 9.17) is 9.26 Å². The molecular formula is C14H17N3O4S. The Bertz CT molecular complexity index is 738. The summed E-state index contributed by atoms with van der Waals surface area (Å²) in [7, 11) is -3.65. The Hall–Kier alpha value is -1.77. The first kappa shape index (κ1) is 15.1. The van der Waals surface area contributed by atoms with E-state index in [1.807, 2.05) is 18.2 Å². The van der Waals surface area contributed by atoms with Gasteiger partial charge in [0.2, 0.25) is 10.0 Å². The molecule has 0 spiro atoms. The van der Waals surface area contributed by atoms with Gasteiger partial charge in [-0.2, -0.15) is 4.31 Å². The van der Waals surface area contributed by atoms with Gasteiger partial charge in [-0.3, -0.25) is 4.98 Å². The molecule has 0 N–H and O–H groups in total. The van der Waals surface area contributed by atoms with Gasteiger partial charge >= 0.3 is 0 Å². The number of morpholine rings is 1. The van der Waals surface area contributed by atoms with Crippen LogP contribution in [0.2, 0.25) is 0 Å². The van der Waals surface area contributed by atoms with E-state index >= 15 is 0 Å². The molecule has 0 saturated carbocycles. The summed E-state index contributed by atoms with van der Waals surface area (Å²) in [4.78, 5) is 4.39. The Morgan fingerprint density at radius 1 is 1.32 bits per heavy atom. The largest absolute Gasteiger partial charge is 0.369 e. The van der Waals surface area contributed by atoms with Gasteiger partial charge in [0.25, 0.3) is 0 Å². The normalized spacial score (nSPS) is 20.2. The fourth-order valence-electron chi connectivity index (χ4n) is 2.56. The van der Waals surface area contributed by atoms with Crippen LogP contribution < -0.4 is 0 Å². The lowest BCUT2D eigenvalue weighted by atomic mass is 10.2. The zero-order valence-electron chi connectivity index (χ0n) is 12.4. The molecule has 3 rings (SSSR count). The zero-order valence-corrected chi connectivity index (χ0v) is 13.2. The number of hydrogen-bond acceptors (Lipinski definition) is 6. The zero-order chi connectivity index (χ0) is 15.7. The summed E-state index contributed by atoms with van der Waals surface area (Å²) in [6.07, 6.45) is 1.30. The van der Waals surface area contributed by atoms with Crippen molar-refractivity contribution in [3.05, 3.63) is 41.5 Å². The molecule has 3 heterocycles. The van der Waals surface area contributed by atoms with Crippen molar-refractivity contribution in [3.8, 4) is 0 Å². The first-order valence-corrected chi connectivity index (χ1v) is 8.39. The molecule has 1 atom stereocenters. The molecule has 0 radical (unpaired) electrons. The molecule has 118 valence electrons. The topological polar surface area (TPSA) is 85.5 Å². The number of hydrogen-bond donors (Lipinski definition) is 0. The number of aryl methyl sites for hydroxylation is 2. The van der Waals surface area contributed by atoms with Gasteiger partial charge in [0, 0.05) is 19.3 Å². The van der Waals surface area contributed by atoms with E-state index in [-0.39, 0.29) is 17.5 Å². The summed E-state index contributed by atoms with van der Waals surface area (Å²) >= 11 is 0. The van der Waals surface area contributed by atoms with E-state index in [1.54, 1.807) is 20.0 Å². The number of nitrogens with zero attached hydrogens (tertiary/aromatic N) is 3. The highest BCUT2D eigenvalue weighted by atomic mass is 32.2. The minimum Gasteiger partial charge on any atom is -0.369 e. The first-order valence-electron chi connectivity index (χ1n) is 6.95. The number of aromatic nitrogens is 2. The van der Waals surface area contributed by atoms with Gasteiger partial charge in [0.15, 0.2) is 5.76 Å². The number of pyridine rings is 1. The molecule has 2 aromatic rings. The van der Waals surface area contributed by atoms with Crippen molar-refractivity contribution in [3.63, 3.8) is 0 Å². The fourth-order valence-corrected chi connectivity index (χ4v) is 4.28. The van der Waals surface area contributed by atoms with Crippen molar-refractivity contribution < 1.29 is 17.7 Å². The Kier molecular flexibility index (Phi) is 3.98. The highest BCUT2D eigenvalue weighted by molar-refractivity contribution is 7.89. The van der Waals surface area contributed by atoms with Crippen LogP contribution in [0.1, 0.15) is 23.3 Å². The van der Waals surface area contributed by atoms with Gasteiger partial charge in [-0.05, 0) is 26.0 Å². The van der Waals surface area contributed by atoms with Crippen molar-refractivity contribution in [1.82, 2.24) is 14.4 Å². The third kappa shape index (κ3) is 2.65. The van der Waals surface area contributed by atoms with Crippen LogP contribution in [0, 0.1) is 13.8 Å². The Balaban J connectivity index is 1.89. The first-order chi connectivity index (χ1) is 10.5. The van der Waals surface area contributed by atoms with Gasteiger partial charge in [-0.1, -0.05) is 11.2 Å². The van der Waals surface area contributed by atoms with Crippen LogP contribution in [-0.2, 0) is 14.8 Å². The van der Waals surface area contributed by atoms with Crippen LogP contribution in [-0.4, -0.2) is 42.6 Å². The molecule has 2 aromatic heterocycles. The van der Waals surface area contributed by atoms with E-state index in [0.717, 1.165) is 5.69 Å². The molecule has 0 aromatic carbocycles. The maximum Gasteiger partial charge on any atom is 0.248 e. The van der Waals surface area contributed by atoms with Gasteiger partial charge in [-0.25, -0.2) is 8.42 Å². The monoisotopic (exact) mass is 323 g/mol. The van der Waals surface area contributed by atoms with E-state index < -0.39 is 10.0 Å². The maximum absolute atomic E-state index is 12.8. The van der Waals surface area contributed by atoms with Gasteiger partial charge in [0.1, 0.15) is 16.7 Å². The van der Waals surface area contributed by atoms with Crippen LogP contribution in [0.5, 0.6) is 0 Å². The smallest absolute Gasteiger partial charge is 0.248 e. The summed E-state index contributed by atoms with van der Waals surface area (Å²) in [6, 6.07) is 5.49. The van der Waals surface area contributed by atoms with Gasteiger partial charge in [-0.15, -0.1) is 0 Å². The third-order valence-electron chi connectivity index (χ3n) is 3.61. The molecule has 0 aliphatic carbocycles. The Labute approximate surface area is 128 Å². The molecule has 0 bridgehead atoms. The van der Waals surface area contributed by atoms with E-state index in [2.05, 4.69) is 10.1 Å². The molecular weight excluding hydrogens is 306 g/mol. The quantitative estimate of drug-likeness (QED) is 0.850. The molecule has 1 saturated heterocycles. The highest BCUT2D eigenvalue weighted by Gasteiger charge is 2.35. The number of rotatable bonds is 3. The minimum absolute atomic E-state index is 0.147. The average Bonchev–Trinajstić information content (AvgIpc) is 2.88. The third-order valence-corrected chi connectivity index (χ3v) is 5.72. The Morgan fingerprint density at radius 2 is 2.14 bits per heavy atom. The lowest BCUT2D eigenvalue weighted by molar-refractivity contribution is -0.00496. The summed E-state index contributed by atoms with van der Waals surface area (Å²) in [5.41, 5.74) is 1.10. The van der Waals surface area contributed by atoms with Crippen LogP contribution in [0.4, 0.5) is 0 Å². The molecule has 1 aliphatic rings. The molecule has 1 aliphatic heterocycles. The highest BCUT2D eigenvalue weighted by Crippen LogP contribution is 2.28. The van der Waals surface area contributed by atoms with Crippen molar-refractivity contribution in [1.29, 1.82) is 0 Å². The van der Waals surface area contributed by atoms with Crippen LogP contribution in [0.25, 0.3) is 0 Å². The van der Waals surface area contributed by atoms with Crippen molar-refractivity contribution in [2.24, 2.45) is 0 Å². The molecule has 0 amide bonds. The molecule has 0 unspecified atom stereocenters. The summed E-state index contributed by atoms with van der Waals surface area (Å²) in [6.45, 7) is 4.08. The molecule has 22 heavy (non-hydrogen) atoms. The summed E-state index contributed by atoms with van der Waals surface area (Å²) in [5.74, 6) is 0.304. The van der Waals surface area contributed by atoms with Gasteiger partial charge < -0.3 is 9.26 Å². The SMILES string of the molecule is Cc1noc(C)c1S(=O)(=O)N1CCO[C@H](c2ccccn2)C1.